The summed E-state index contributed by atoms with van der Waals surface area (Å²) in [7, 11) is 0. The van der Waals surface area contributed by atoms with Gasteiger partial charge >= 0.3 is 0 Å². The third-order valence-corrected chi connectivity index (χ3v) is 8.36. The van der Waals surface area contributed by atoms with E-state index in [-0.39, 0.29) is 11.3 Å². The van der Waals surface area contributed by atoms with Gasteiger partial charge in [-0.2, -0.15) is 0 Å². The number of aromatic nitrogens is 2. The number of amides is 1. The van der Waals surface area contributed by atoms with Crippen LogP contribution in [0, 0.1) is 5.41 Å². The molecule has 38 heavy (non-hydrogen) atoms. The number of anilines is 2. The number of nitrogens with zero attached hydrogens (tertiary/aromatic N) is 4. The second-order valence-electron chi connectivity index (χ2n) is 10.8. The maximum absolute atomic E-state index is 12.1. The van der Waals surface area contributed by atoms with Crippen LogP contribution in [-0.2, 0) is 4.79 Å². The number of rotatable bonds is 5. The standard InChI is InChI=1S/C31H33N5O2/c1-3-26(37)35-16-14-31(19-35)17-23(18-31)36-15-13-21(2)27(28-29(32)33-20-34-30(28)36)22-9-11-25(12-10-22)38-24-7-5-4-6-8-24/h3-12,20,23H,1,13-19H2,2H3,(H2,32,33,34). The summed E-state index contributed by atoms with van der Waals surface area (Å²) in [5.41, 5.74) is 11.1. The maximum Gasteiger partial charge on any atom is 0.245 e. The Bertz CT molecular complexity index is 1390. The lowest BCUT2D eigenvalue weighted by atomic mass is 9.64. The Morgan fingerprint density at radius 1 is 1.08 bits per heavy atom. The minimum absolute atomic E-state index is 0.0376. The molecule has 6 rings (SSSR count). The fourth-order valence-corrected chi connectivity index (χ4v) is 6.39. The highest BCUT2D eigenvalue weighted by atomic mass is 16.5. The highest BCUT2D eigenvalue weighted by Crippen LogP contribution is 2.52. The first kappa shape index (κ1) is 24.2. The monoisotopic (exact) mass is 507 g/mol. The Labute approximate surface area is 223 Å². The molecule has 0 radical (unpaired) electrons. The van der Waals surface area contributed by atoms with Crippen molar-refractivity contribution in [2.45, 2.75) is 38.6 Å². The minimum Gasteiger partial charge on any atom is -0.457 e. The molecular formula is C31H33N5O2. The first-order chi connectivity index (χ1) is 18.5. The van der Waals surface area contributed by atoms with Crippen LogP contribution in [0.1, 0.15) is 43.7 Å². The van der Waals surface area contributed by atoms with Gasteiger partial charge in [0.15, 0.2) is 0 Å². The first-order valence-electron chi connectivity index (χ1n) is 13.3. The highest BCUT2D eigenvalue weighted by molar-refractivity contribution is 5.92. The molecule has 0 unspecified atom stereocenters. The summed E-state index contributed by atoms with van der Waals surface area (Å²) in [5.74, 6) is 3.03. The molecule has 3 aliphatic rings. The largest absolute Gasteiger partial charge is 0.457 e. The van der Waals surface area contributed by atoms with E-state index in [2.05, 4.69) is 35.5 Å². The van der Waals surface area contributed by atoms with E-state index in [9.17, 15) is 4.79 Å². The fourth-order valence-electron chi connectivity index (χ4n) is 6.39. The molecule has 1 aliphatic carbocycles. The fraction of sp³-hybridized carbons (Fsp3) is 0.323. The van der Waals surface area contributed by atoms with Crippen molar-refractivity contribution in [3.05, 3.63) is 90.3 Å². The number of ether oxygens (including phenoxy) is 1. The molecule has 3 aromatic rings. The molecule has 0 atom stereocenters. The second-order valence-corrected chi connectivity index (χ2v) is 10.8. The van der Waals surface area contributed by atoms with Gasteiger partial charge in [0.25, 0.3) is 0 Å². The van der Waals surface area contributed by atoms with Crippen LogP contribution in [0.2, 0.25) is 0 Å². The van der Waals surface area contributed by atoms with Crippen molar-refractivity contribution >= 4 is 23.1 Å². The summed E-state index contributed by atoms with van der Waals surface area (Å²) in [6, 6.07) is 18.3. The average molecular weight is 508 g/mol. The number of para-hydroxylation sites is 1. The summed E-state index contributed by atoms with van der Waals surface area (Å²) in [6.07, 6.45) is 7.07. The average Bonchev–Trinajstić information content (AvgIpc) is 3.31. The van der Waals surface area contributed by atoms with Crippen molar-refractivity contribution in [3.8, 4) is 11.5 Å². The number of nitrogen functional groups attached to an aromatic ring is 1. The number of carbonyl (C=O) groups is 1. The van der Waals surface area contributed by atoms with Crippen LogP contribution in [0.5, 0.6) is 11.5 Å². The molecule has 1 aromatic heterocycles. The number of carbonyl (C=O) groups excluding carboxylic acids is 1. The van der Waals surface area contributed by atoms with Gasteiger partial charge in [-0.15, -0.1) is 0 Å². The van der Waals surface area contributed by atoms with Gasteiger partial charge < -0.3 is 20.3 Å². The SMILES string of the molecule is C=CC(=O)N1CCC2(CC(N3CCC(C)=C(c4ccc(Oc5ccccc5)cc4)c4c(N)ncnc43)C2)C1. The maximum atomic E-state index is 12.1. The lowest BCUT2D eigenvalue weighted by molar-refractivity contribution is -0.125. The van der Waals surface area contributed by atoms with Gasteiger partial charge in [0.1, 0.15) is 29.5 Å². The van der Waals surface area contributed by atoms with Crippen LogP contribution in [0.3, 0.4) is 0 Å². The Morgan fingerprint density at radius 3 is 2.55 bits per heavy atom. The lowest BCUT2D eigenvalue weighted by Gasteiger charge is -2.50. The smallest absolute Gasteiger partial charge is 0.245 e. The summed E-state index contributed by atoms with van der Waals surface area (Å²) in [4.78, 5) is 25.7. The normalized spacial score (nSPS) is 22.6. The number of benzene rings is 2. The third-order valence-electron chi connectivity index (χ3n) is 8.36. The van der Waals surface area contributed by atoms with Crippen molar-refractivity contribution in [2.75, 3.05) is 30.3 Å². The zero-order valence-electron chi connectivity index (χ0n) is 21.8. The van der Waals surface area contributed by atoms with E-state index >= 15 is 0 Å². The molecule has 2 aliphatic heterocycles. The molecule has 2 N–H and O–H groups in total. The van der Waals surface area contributed by atoms with Crippen LogP contribution < -0.4 is 15.4 Å². The predicted octanol–water partition coefficient (Wildman–Crippen LogP) is 5.45. The molecule has 7 nitrogen and oxygen atoms in total. The van der Waals surface area contributed by atoms with Crippen LogP contribution in [0.15, 0.2) is 79.2 Å². The van der Waals surface area contributed by atoms with E-state index in [1.807, 2.05) is 47.4 Å². The Hall–Kier alpha value is -4.13. The zero-order valence-corrected chi connectivity index (χ0v) is 21.8. The topological polar surface area (TPSA) is 84.6 Å². The van der Waals surface area contributed by atoms with Crippen molar-refractivity contribution in [1.82, 2.24) is 14.9 Å². The van der Waals surface area contributed by atoms with Gasteiger partial charge in [0.2, 0.25) is 5.91 Å². The van der Waals surface area contributed by atoms with Crippen LogP contribution >= 0.6 is 0 Å². The van der Waals surface area contributed by atoms with Gasteiger partial charge in [-0.25, -0.2) is 9.97 Å². The van der Waals surface area contributed by atoms with E-state index in [1.54, 1.807) is 6.33 Å². The van der Waals surface area contributed by atoms with Crippen LogP contribution in [0.4, 0.5) is 11.6 Å². The molecule has 194 valence electrons. The Morgan fingerprint density at radius 2 is 1.82 bits per heavy atom. The lowest BCUT2D eigenvalue weighted by Crippen LogP contribution is -2.53. The van der Waals surface area contributed by atoms with Crippen LogP contribution in [0.25, 0.3) is 5.57 Å². The number of nitrogens with two attached hydrogens (primary N) is 1. The number of fused-ring (bicyclic) bond motifs is 1. The highest BCUT2D eigenvalue weighted by Gasteiger charge is 2.51. The van der Waals surface area contributed by atoms with E-state index < -0.39 is 0 Å². The Kier molecular flexibility index (Phi) is 6.14. The third kappa shape index (κ3) is 4.32. The molecule has 1 saturated carbocycles. The van der Waals surface area contributed by atoms with E-state index in [0.29, 0.717) is 11.9 Å². The molecule has 0 bridgehead atoms. The van der Waals surface area contributed by atoms with Gasteiger partial charge in [0.05, 0.1) is 5.56 Å². The van der Waals surface area contributed by atoms with Crippen molar-refractivity contribution in [2.24, 2.45) is 5.41 Å². The second kappa shape index (κ2) is 9.63. The quantitative estimate of drug-likeness (QED) is 0.462. The van der Waals surface area contributed by atoms with Crippen LogP contribution in [-0.4, -0.2) is 46.5 Å². The van der Waals surface area contributed by atoms with Crippen molar-refractivity contribution < 1.29 is 9.53 Å². The summed E-state index contributed by atoms with van der Waals surface area (Å²) in [5, 5.41) is 0. The van der Waals surface area contributed by atoms with Gasteiger partial charge in [0, 0.05) is 25.7 Å². The predicted molar refractivity (Wildman–Crippen MR) is 150 cm³/mol. The molecule has 2 aromatic carbocycles. The number of hydrogen-bond donors (Lipinski definition) is 1. The van der Waals surface area contributed by atoms with Crippen molar-refractivity contribution in [1.29, 1.82) is 0 Å². The molecule has 7 heteroatoms. The van der Waals surface area contributed by atoms with Gasteiger partial charge in [-0.05, 0) is 79.5 Å². The number of hydrogen-bond acceptors (Lipinski definition) is 6. The number of likely N-dealkylation sites (tertiary alicyclic amines) is 1. The molecule has 2 fully saturated rings. The molecule has 1 spiro atoms. The first-order valence-corrected chi connectivity index (χ1v) is 13.3. The Balaban J connectivity index is 1.26. The zero-order chi connectivity index (χ0) is 26.3. The summed E-state index contributed by atoms with van der Waals surface area (Å²) >= 11 is 0. The molecular weight excluding hydrogens is 474 g/mol. The van der Waals surface area contributed by atoms with Crippen molar-refractivity contribution in [3.63, 3.8) is 0 Å². The van der Waals surface area contributed by atoms with E-state index in [1.165, 1.54) is 11.6 Å². The molecule has 1 amide bonds. The molecule has 3 heterocycles. The summed E-state index contributed by atoms with van der Waals surface area (Å²) in [6.45, 7) is 8.35. The van der Waals surface area contributed by atoms with Gasteiger partial charge in [-0.1, -0.05) is 42.5 Å². The van der Waals surface area contributed by atoms with E-state index in [4.69, 9.17) is 15.5 Å². The molecule has 1 saturated heterocycles. The summed E-state index contributed by atoms with van der Waals surface area (Å²) < 4.78 is 6.01. The minimum atomic E-state index is 0.0376. The van der Waals surface area contributed by atoms with E-state index in [0.717, 1.165) is 79.3 Å². The van der Waals surface area contributed by atoms with Gasteiger partial charge in [-0.3, -0.25) is 4.79 Å².